The fourth-order valence-corrected chi connectivity index (χ4v) is 17.6. The Labute approximate surface area is 732 Å². The SMILES string of the molecule is CC1(C)c2ccccc2-c2c[c-]c(-c3ccc(-c4ccc5c(c4)C(C)(C)c4ccccc4-5)cn3)cc21.CC1(C)c2ccccc2-c2c[c-]c(-c3nccc4ccccc34)cc21.[C-]1=C(c2nccc3ccccc23)SCC1.[Ir].[Ir].[Ir].[Ir].[Ir].[c-]1c(-c2ccccn2)sc2ccccc12.[c-]1ccccc1-c1nccc2ccccc12. The molecule has 0 unspecified atom stereocenters. The van der Waals surface area contributed by atoms with Gasteiger partial charge in [0.15, 0.2) is 0 Å². The number of benzene rings is 11. The number of allylic oxidation sites excluding steroid dienone is 1. The van der Waals surface area contributed by atoms with E-state index in [0.717, 1.165) is 67.8 Å². The Morgan fingerprint density at radius 3 is 1.35 bits per heavy atom. The first-order valence-corrected chi connectivity index (χ1v) is 38.2. The summed E-state index contributed by atoms with van der Waals surface area (Å²) in [6.07, 6.45) is 13.9. The van der Waals surface area contributed by atoms with Crippen LogP contribution in [-0.2, 0) is 117 Å². The molecule has 561 valence electrons. The zero-order valence-corrected chi connectivity index (χ0v) is 75.8. The monoisotopic (exact) mass is 2370 g/mol. The maximum absolute atomic E-state index is 4.89. The summed E-state index contributed by atoms with van der Waals surface area (Å²) in [4.78, 5) is 25.1. The van der Waals surface area contributed by atoms with Gasteiger partial charge in [-0.1, -0.05) is 269 Å². The molecule has 0 N–H and O–H groups in total. The van der Waals surface area contributed by atoms with Crippen molar-refractivity contribution in [1.29, 1.82) is 0 Å². The summed E-state index contributed by atoms with van der Waals surface area (Å²) in [6.45, 7) is 13.9. The van der Waals surface area contributed by atoms with Crippen LogP contribution in [0, 0.1) is 30.3 Å². The topological polar surface area (TPSA) is 64.5 Å². The van der Waals surface area contributed by atoms with Gasteiger partial charge in [-0.25, -0.2) is 11.3 Å². The van der Waals surface area contributed by atoms with Crippen molar-refractivity contribution in [3.8, 4) is 88.9 Å². The molecule has 21 rings (SSSR count). The summed E-state index contributed by atoms with van der Waals surface area (Å²) in [5, 5.41) is 8.43. The Kier molecular flexibility index (Phi) is 26.4. The minimum atomic E-state index is -0.0233. The van der Waals surface area contributed by atoms with Gasteiger partial charge < -0.3 is 24.9 Å². The number of thiophene rings is 1. The summed E-state index contributed by atoms with van der Waals surface area (Å²) in [5.74, 6) is 1.14. The van der Waals surface area contributed by atoms with Crippen LogP contribution < -0.4 is 0 Å². The summed E-state index contributed by atoms with van der Waals surface area (Å²) < 4.78 is 1.26. The summed E-state index contributed by atoms with van der Waals surface area (Å²) in [6, 6.07) is 113. The van der Waals surface area contributed by atoms with E-state index in [-0.39, 0.29) is 117 Å². The molecule has 0 saturated heterocycles. The molecule has 17 aromatic rings. The molecule has 0 bridgehead atoms. The van der Waals surface area contributed by atoms with Crippen LogP contribution in [0.1, 0.15) is 87.0 Å². The number of fused-ring (bicyclic) bond motifs is 13. The normalized spacial score (nSPS) is 13.2. The van der Waals surface area contributed by atoms with Crippen molar-refractivity contribution >= 4 is 70.4 Å². The average molecular weight is 2370 g/mol. The largest absolute Gasteiger partial charge is 0.350 e. The number of aromatic nitrogens is 5. The predicted molar refractivity (Wildman–Crippen MR) is 448 cm³/mol. The molecular formula is C100H74Ir5N5S2-5. The van der Waals surface area contributed by atoms with Crippen LogP contribution in [0.2, 0.25) is 0 Å². The molecule has 4 aliphatic rings. The van der Waals surface area contributed by atoms with Crippen molar-refractivity contribution in [3.05, 3.63) is 386 Å². The fourth-order valence-electron chi connectivity index (χ4n) is 15.7. The number of hydrogen-bond donors (Lipinski definition) is 0. The maximum Gasteiger partial charge on any atom is 0.0239 e. The molecule has 1 aliphatic heterocycles. The van der Waals surface area contributed by atoms with Crippen molar-refractivity contribution in [2.24, 2.45) is 0 Å². The van der Waals surface area contributed by atoms with Gasteiger partial charge in [0.05, 0.1) is 0 Å². The van der Waals surface area contributed by atoms with Crippen molar-refractivity contribution in [3.63, 3.8) is 0 Å². The van der Waals surface area contributed by atoms with E-state index in [2.05, 4.69) is 310 Å². The molecule has 7 heterocycles. The van der Waals surface area contributed by atoms with Gasteiger partial charge in [-0.3, -0.25) is 6.08 Å². The van der Waals surface area contributed by atoms with Crippen molar-refractivity contribution in [1.82, 2.24) is 24.9 Å². The molecular weight excluding hydrogens is 2300 g/mol. The third-order valence-electron chi connectivity index (χ3n) is 21.3. The smallest absolute Gasteiger partial charge is 0.0239 e. The van der Waals surface area contributed by atoms with Crippen LogP contribution in [0.4, 0.5) is 0 Å². The second-order valence-corrected chi connectivity index (χ2v) is 31.0. The molecule has 11 aromatic carbocycles. The van der Waals surface area contributed by atoms with Gasteiger partial charge in [-0.05, 0) is 145 Å². The minimum absolute atomic E-state index is 0. The molecule has 3 aliphatic carbocycles. The number of hydrogen-bond acceptors (Lipinski definition) is 7. The van der Waals surface area contributed by atoms with E-state index in [1.807, 2.05) is 109 Å². The zero-order valence-electron chi connectivity index (χ0n) is 62.2. The average Bonchev–Trinajstić information content (AvgIpc) is 1.60. The molecule has 5 radical (unpaired) electrons. The van der Waals surface area contributed by atoms with Gasteiger partial charge in [0.1, 0.15) is 0 Å². The molecule has 0 fully saturated rings. The third kappa shape index (κ3) is 16.2. The van der Waals surface area contributed by atoms with E-state index < -0.39 is 0 Å². The molecule has 0 atom stereocenters. The summed E-state index contributed by atoms with van der Waals surface area (Å²) in [5.41, 5.74) is 26.8. The Hall–Kier alpha value is -8.75. The van der Waals surface area contributed by atoms with E-state index >= 15 is 0 Å². The van der Waals surface area contributed by atoms with E-state index in [1.165, 1.54) is 120 Å². The Morgan fingerprint density at radius 1 is 0.339 bits per heavy atom. The summed E-state index contributed by atoms with van der Waals surface area (Å²) in [7, 11) is 0. The standard InChI is InChI=1S/C35H28N.C24H18N.C15H10N.C13H8NS.C13H10NS.5Ir/c1-34(2)29-11-7-5-9-25(29)27-16-13-22(19-31(27)34)24-15-18-33(36-21-24)23-14-17-28-26-10-6-8-12-30(26)35(3,4)32(28)20-23;1-24(2)21-10-6-5-9-19(21)20-12-11-17(15-22(20)24)23-18-8-4-3-7-16(18)13-14-25-23;1-2-7-13(8-3-1)15-14-9-5-4-6-12(14)10-11-16-15;1-2-7-12-10(5-1)9-13(15-12)11-6-3-4-8-14-11;1-2-5-11-10(4-1)7-8-14-13(11)12-6-3-9-15-12;;;;;/h5-13,15-21H,1-4H3;3-10,12-15H,1-2H3;1-7,9-11H;1-8H;1-2,4-5,7-8H,3,9H2;;;;;/q5*-1;;;;;. The first kappa shape index (κ1) is 82.7. The van der Waals surface area contributed by atoms with Gasteiger partial charge in [-0.15, -0.1) is 129 Å². The predicted octanol–water partition coefficient (Wildman–Crippen LogP) is 25.8. The van der Waals surface area contributed by atoms with Crippen LogP contribution in [0.3, 0.4) is 0 Å². The van der Waals surface area contributed by atoms with Crippen LogP contribution in [0.25, 0.3) is 136 Å². The molecule has 0 amide bonds. The molecule has 5 nitrogen and oxygen atoms in total. The Morgan fingerprint density at radius 2 is 0.812 bits per heavy atom. The van der Waals surface area contributed by atoms with Crippen molar-refractivity contribution in [2.75, 3.05) is 5.75 Å². The molecule has 6 aromatic heterocycles. The molecule has 0 spiro atoms. The maximum atomic E-state index is 4.89. The second kappa shape index (κ2) is 35.7. The van der Waals surface area contributed by atoms with Crippen molar-refractivity contribution in [2.45, 2.75) is 64.2 Å². The quantitative estimate of drug-likeness (QED) is 0.155. The first-order valence-electron chi connectivity index (χ1n) is 36.4. The van der Waals surface area contributed by atoms with Gasteiger partial charge >= 0.3 is 0 Å². The number of rotatable bonds is 6. The van der Waals surface area contributed by atoms with Crippen LogP contribution in [-0.4, -0.2) is 30.7 Å². The van der Waals surface area contributed by atoms with Crippen LogP contribution in [0.5, 0.6) is 0 Å². The molecule has 112 heavy (non-hydrogen) atoms. The van der Waals surface area contributed by atoms with Crippen molar-refractivity contribution < 1.29 is 101 Å². The van der Waals surface area contributed by atoms with E-state index in [0.29, 0.717) is 0 Å². The Bertz CT molecular complexity index is 6060. The van der Waals surface area contributed by atoms with E-state index in [1.54, 1.807) is 11.3 Å². The second-order valence-electron chi connectivity index (χ2n) is 28.8. The Balaban J connectivity index is 0.000000135. The molecule has 0 saturated carbocycles. The van der Waals surface area contributed by atoms with Crippen LogP contribution in [0.15, 0.2) is 316 Å². The summed E-state index contributed by atoms with van der Waals surface area (Å²) >= 11 is 3.59. The van der Waals surface area contributed by atoms with E-state index in [9.17, 15) is 0 Å². The third-order valence-corrected chi connectivity index (χ3v) is 23.4. The van der Waals surface area contributed by atoms with Gasteiger partial charge in [0.25, 0.3) is 0 Å². The number of pyridine rings is 5. The number of thioether (sulfide) groups is 1. The minimum Gasteiger partial charge on any atom is -0.350 e. The first-order chi connectivity index (χ1) is 52.3. The van der Waals surface area contributed by atoms with Gasteiger partial charge in [0.2, 0.25) is 0 Å². The van der Waals surface area contributed by atoms with E-state index in [4.69, 9.17) is 4.98 Å². The van der Waals surface area contributed by atoms with Gasteiger partial charge in [-0.2, -0.15) is 11.8 Å². The van der Waals surface area contributed by atoms with Crippen LogP contribution >= 0.6 is 23.1 Å². The van der Waals surface area contributed by atoms with Gasteiger partial charge in [0, 0.05) is 143 Å². The fraction of sp³-hybridized carbons (Fsp3) is 0.110. The molecule has 12 heteroatoms. The number of nitrogens with zero attached hydrogens (tertiary/aromatic N) is 5. The zero-order chi connectivity index (χ0) is 72.6.